The summed E-state index contributed by atoms with van der Waals surface area (Å²) in [5, 5.41) is 5.76. The van der Waals surface area contributed by atoms with E-state index in [1.165, 1.54) is 12.3 Å². The van der Waals surface area contributed by atoms with Crippen LogP contribution in [-0.4, -0.2) is 33.9 Å². The number of hydrogen-bond acceptors (Lipinski definition) is 7. The first-order chi connectivity index (χ1) is 11.9. The number of nitrogens with zero attached hydrogens (tertiary/aromatic N) is 1. The maximum atomic E-state index is 12.0. The summed E-state index contributed by atoms with van der Waals surface area (Å²) in [6.45, 7) is 5.02. The van der Waals surface area contributed by atoms with E-state index in [9.17, 15) is 14.4 Å². The standard InChI is InChI=1S/C15H18N4O5S/c1-8-6-12(19-24-8)16-14(21)10(3)25-7-13(20)17-18-15(22)11-4-5-23-9(11)2/h4-6,10H,7H2,1-3H3,(H,17,20)(H,18,22)(H,16,19,21). The minimum absolute atomic E-state index is 0.00290. The van der Waals surface area contributed by atoms with Gasteiger partial charge >= 0.3 is 0 Å². The number of aryl methyl sites for hydroxylation is 2. The fraction of sp³-hybridized carbons (Fsp3) is 0.333. The van der Waals surface area contributed by atoms with Gasteiger partial charge in [-0.3, -0.25) is 25.2 Å². The van der Waals surface area contributed by atoms with Crippen LogP contribution in [0.5, 0.6) is 0 Å². The molecule has 2 heterocycles. The van der Waals surface area contributed by atoms with Crippen LogP contribution < -0.4 is 16.2 Å². The summed E-state index contributed by atoms with van der Waals surface area (Å²) in [4.78, 5) is 35.5. The molecule has 0 bridgehead atoms. The molecule has 2 rings (SSSR count). The van der Waals surface area contributed by atoms with E-state index in [2.05, 4.69) is 21.3 Å². The van der Waals surface area contributed by atoms with E-state index in [1.807, 2.05) is 0 Å². The second-order valence-corrected chi connectivity index (χ2v) is 6.49. The minimum Gasteiger partial charge on any atom is -0.469 e. The molecule has 10 heteroatoms. The molecule has 9 nitrogen and oxygen atoms in total. The smallest absolute Gasteiger partial charge is 0.273 e. The van der Waals surface area contributed by atoms with Gasteiger partial charge in [0.2, 0.25) is 11.8 Å². The van der Waals surface area contributed by atoms with Crippen molar-refractivity contribution in [3.05, 3.63) is 35.5 Å². The van der Waals surface area contributed by atoms with Gasteiger partial charge < -0.3 is 14.3 Å². The van der Waals surface area contributed by atoms with Gasteiger partial charge in [0.25, 0.3) is 5.91 Å². The zero-order valence-electron chi connectivity index (χ0n) is 13.9. The molecule has 134 valence electrons. The molecule has 0 saturated heterocycles. The Morgan fingerprint density at radius 2 is 2.04 bits per heavy atom. The number of aromatic nitrogens is 1. The molecule has 0 saturated carbocycles. The molecule has 0 aliphatic rings. The van der Waals surface area contributed by atoms with Gasteiger partial charge in [0, 0.05) is 6.07 Å². The SMILES string of the molecule is Cc1cc(NC(=O)C(C)SCC(=O)NNC(=O)c2ccoc2C)no1. The number of rotatable bonds is 6. The summed E-state index contributed by atoms with van der Waals surface area (Å²) in [7, 11) is 0. The molecule has 0 fully saturated rings. The maximum Gasteiger partial charge on any atom is 0.273 e. The van der Waals surface area contributed by atoms with Crippen molar-refractivity contribution in [2.45, 2.75) is 26.0 Å². The number of hydrazine groups is 1. The molecule has 0 radical (unpaired) electrons. The number of nitrogens with one attached hydrogen (secondary N) is 3. The van der Waals surface area contributed by atoms with Crippen molar-refractivity contribution < 1.29 is 23.3 Å². The van der Waals surface area contributed by atoms with Crippen molar-refractivity contribution >= 4 is 35.3 Å². The van der Waals surface area contributed by atoms with Crippen molar-refractivity contribution in [3.8, 4) is 0 Å². The lowest BCUT2D eigenvalue weighted by atomic mass is 10.2. The quantitative estimate of drug-likeness (QED) is 0.660. The Balaban J connectivity index is 1.71. The number of anilines is 1. The molecule has 25 heavy (non-hydrogen) atoms. The molecular formula is C15H18N4O5S. The van der Waals surface area contributed by atoms with Crippen LogP contribution in [0.4, 0.5) is 5.82 Å². The van der Waals surface area contributed by atoms with Crippen LogP contribution in [0.2, 0.25) is 0 Å². The van der Waals surface area contributed by atoms with Gasteiger partial charge in [-0.05, 0) is 26.8 Å². The Hall–Kier alpha value is -2.75. The predicted molar refractivity (Wildman–Crippen MR) is 90.8 cm³/mol. The van der Waals surface area contributed by atoms with Crippen molar-refractivity contribution in [2.24, 2.45) is 0 Å². The van der Waals surface area contributed by atoms with E-state index in [-0.39, 0.29) is 11.7 Å². The highest BCUT2D eigenvalue weighted by Crippen LogP contribution is 2.14. The number of furan rings is 1. The second-order valence-electron chi connectivity index (χ2n) is 5.16. The number of thioether (sulfide) groups is 1. The molecular weight excluding hydrogens is 348 g/mol. The van der Waals surface area contributed by atoms with Crippen LogP contribution in [-0.2, 0) is 9.59 Å². The van der Waals surface area contributed by atoms with Gasteiger partial charge in [-0.15, -0.1) is 11.8 Å². The van der Waals surface area contributed by atoms with E-state index < -0.39 is 17.1 Å². The van der Waals surface area contributed by atoms with Crippen LogP contribution in [0.25, 0.3) is 0 Å². The number of carbonyl (C=O) groups excluding carboxylic acids is 3. The Bertz CT molecular complexity index is 770. The summed E-state index contributed by atoms with van der Waals surface area (Å²) in [6, 6.07) is 3.10. The van der Waals surface area contributed by atoms with Crippen molar-refractivity contribution in [2.75, 3.05) is 11.1 Å². The van der Waals surface area contributed by atoms with Crippen LogP contribution in [0.3, 0.4) is 0 Å². The second kappa shape index (κ2) is 8.38. The van der Waals surface area contributed by atoms with Crippen LogP contribution in [0.1, 0.15) is 28.8 Å². The highest BCUT2D eigenvalue weighted by molar-refractivity contribution is 8.01. The normalized spacial score (nSPS) is 11.6. The maximum absolute atomic E-state index is 12.0. The van der Waals surface area contributed by atoms with Crippen molar-refractivity contribution in [3.63, 3.8) is 0 Å². The third kappa shape index (κ3) is 5.38. The first kappa shape index (κ1) is 18.6. The summed E-state index contributed by atoms with van der Waals surface area (Å²) in [5.74, 6) is 0.143. The number of hydrogen-bond donors (Lipinski definition) is 3. The van der Waals surface area contributed by atoms with E-state index >= 15 is 0 Å². The van der Waals surface area contributed by atoms with E-state index in [4.69, 9.17) is 8.94 Å². The average Bonchev–Trinajstić information content (AvgIpc) is 3.18. The molecule has 2 aromatic rings. The average molecular weight is 366 g/mol. The Morgan fingerprint density at radius 1 is 1.28 bits per heavy atom. The molecule has 1 atom stereocenters. The van der Waals surface area contributed by atoms with Gasteiger partial charge in [-0.25, -0.2) is 0 Å². The fourth-order valence-corrected chi connectivity index (χ4v) is 2.46. The van der Waals surface area contributed by atoms with E-state index in [0.29, 0.717) is 22.9 Å². The zero-order chi connectivity index (χ0) is 18.4. The minimum atomic E-state index is -0.491. The summed E-state index contributed by atoms with van der Waals surface area (Å²) in [6.07, 6.45) is 1.39. The van der Waals surface area contributed by atoms with Crippen molar-refractivity contribution in [1.82, 2.24) is 16.0 Å². The summed E-state index contributed by atoms with van der Waals surface area (Å²) < 4.78 is 9.87. The highest BCUT2D eigenvalue weighted by Gasteiger charge is 2.17. The Morgan fingerprint density at radius 3 is 2.64 bits per heavy atom. The molecule has 0 spiro atoms. The molecule has 3 amide bonds. The lowest BCUT2D eigenvalue weighted by Gasteiger charge is -2.11. The molecule has 2 aromatic heterocycles. The fourth-order valence-electron chi connectivity index (χ4n) is 1.78. The van der Waals surface area contributed by atoms with E-state index in [1.54, 1.807) is 26.8 Å². The molecule has 3 N–H and O–H groups in total. The number of carbonyl (C=O) groups is 3. The largest absolute Gasteiger partial charge is 0.469 e. The Labute approximate surface area is 147 Å². The van der Waals surface area contributed by atoms with Gasteiger partial charge in [0.1, 0.15) is 11.5 Å². The first-order valence-electron chi connectivity index (χ1n) is 7.36. The zero-order valence-corrected chi connectivity index (χ0v) is 14.7. The predicted octanol–water partition coefficient (Wildman–Crippen LogP) is 1.41. The third-order valence-corrected chi connectivity index (χ3v) is 4.27. The topological polar surface area (TPSA) is 126 Å². The van der Waals surface area contributed by atoms with Crippen LogP contribution >= 0.6 is 11.8 Å². The number of amides is 3. The summed E-state index contributed by atoms with van der Waals surface area (Å²) in [5.41, 5.74) is 4.91. The highest BCUT2D eigenvalue weighted by atomic mass is 32.2. The molecule has 0 aliphatic carbocycles. The van der Waals surface area contributed by atoms with Gasteiger partial charge in [-0.1, -0.05) is 5.16 Å². The third-order valence-electron chi connectivity index (χ3n) is 3.13. The van der Waals surface area contributed by atoms with Crippen molar-refractivity contribution in [1.29, 1.82) is 0 Å². The molecule has 0 aromatic carbocycles. The monoisotopic (exact) mass is 366 g/mol. The summed E-state index contributed by atoms with van der Waals surface area (Å²) >= 11 is 1.12. The first-order valence-corrected chi connectivity index (χ1v) is 8.40. The van der Waals surface area contributed by atoms with Gasteiger partial charge in [0.05, 0.1) is 22.8 Å². The van der Waals surface area contributed by atoms with E-state index in [0.717, 1.165) is 11.8 Å². The van der Waals surface area contributed by atoms with Crippen LogP contribution in [0.15, 0.2) is 27.3 Å². The molecule has 1 unspecified atom stereocenters. The Kier molecular flexibility index (Phi) is 6.23. The van der Waals surface area contributed by atoms with Gasteiger partial charge in [-0.2, -0.15) is 0 Å². The lowest BCUT2D eigenvalue weighted by Crippen LogP contribution is -2.43. The van der Waals surface area contributed by atoms with Gasteiger partial charge in [0.15, 0.2) is 5.82 Å². The van der Waals surface area contributed by atoms with Crippen LogP contribution in [0, 0.1) is 13.8 Å². The lowest BCUT2D eigenvalue weighted by molar-refractivity contribution is -0.119. The molecule has 0 aliphatic heterocycles.